The van der Waals surface area contributed by atoms with Gasteiger partial charge in [0.2, 0.25) is 5.91 Å². The van der Waals surface area contributed by atoms with Crippen LogP contribution in [0.4, 0.5) is 11.4 Å². The van der Waals surface area contributed by atoms with Crippen molar-refractivity contribution in [3.8, 4) is 5.75 Å². The molecule has 0 aliphatic rings. The fourth-order valence-electron chi connectivity index (χ4n) is 2.33. The van der Waals surface area contributed by atoms with E-state index in [4.69, 9.17) is 4.74 Å². The largest absolute Gasteiger partial charge is 0.483 e. The Bertz CT molecular complexity index is 773. The maximum Gasteiger partial charge on any atom is 0.262 e. The zero-order valence-electron chi connectivity index (χ0n) is 15.1. The van der Waals surface area contributed by atoms with Gasteiger partial charge in [-0.1, -0.05) is 36.7 Å². The highest BCUT2D eigenvalue weighted by Crippen LogP contribution is 2.29. The molecule has 0 aliphatic heterocycles. The first-order valence-electron chi connectivity index (χ1n) is 8.51. The van der Waals surface area contributed by atoms with Crippen LogP contribution in [0.5, 0.6) is 5.75 Å². The number of carbonyl (C=O) groups excluding carboxylic acids is 2. The Morgan fingerprint density at radius 3 is 2.12 bits per heavy atom. The predicted octanol–water partition coefficient (Wildman–Crippen LogP) is 4.94. The fourth-order valence-corrected chi connectivity index (χ4v) is 2.71. The summed E-state index contributed by atoms with van der Waals surface area (Å²) in [7, 11) is 0. The average molecular weight is 419 g/mol. The van der Waals surface area contributed by atoms with E-state index in [-0.39, 0.29) is 24.3 Å². The maximum atomic E-state index is 12.1. The van der Waals surface area contributed by atoms with Crippen LogP contribution in [0.3, 0.4) is 0 Å². The maximum absolute atomic E-state index is 12.1. The van der Waals surface area contributed by atoms with Gasteiger partial charge in [-0.2, -0.15) is 0 Å². The Morgan fingerprint density at radius 1 is 1.00 bits per heavy atom. The molecule has 2 rings (SSSR count). The number of carbonyl (C=O) groups is 2. The number of benzene rings is 2. The summed E-state index contributed by atoms with van der Waals surface area (Å²) in [5, 5.41) is 5.54. The summed E-state index contributed by atoms with van der Waals surface area (Å²) in [5.74, 6) is 0.700. The van der Waals surface area contributed by atoms with E-state index in [2.05, 4.69) is 40.4 Å². The van der Waals surface area contributed by atoms with Gasteiger partial charge in [0.1, 0.15) is 5.75 Å². The van der Waals surface area contributed by atoms with E-state index >= 15 is 0 Å². The van der Waals surface area contributed by atoms with E-state index < -0.39 is 0 Å². The van der Waals surface area contributed by atoms with Crippen molar-refractivity contribution >= 4 is 39.1 Å². The monoisotopic (exact) mass is 418 g/mol. The second-order valence-corrected chi connectivity index (χ2v) is 7.07. The quantitative estimate of drug-likeness (QED) is 0.668. The van der Waals surface area contributed by atoms with Crippen molar-refractivity contribution < 1.29 is 14.3 Å². The van der Waals surface area contributed by atoms with Gasteiger partial charge in [0.05, 0.1) is 0 Å². The second kappa shape index (κ2) is 9.38. The van der Waals surface area contributed by atoms with Gasteiger partial charge in [-0.3, -0.25) is 9.59 Å². The summed E-state index contributed by atoms with van der Waals surface area (Å²) in [6.07, 6.45) is 0.421. The van der Waals surface area contributed by atoms with Crippen molar-refractivity contribution in [3.63, 3.8) is 0 Å². The van der Waals surface area contributed by atoms with Gasteiger partial charge >= 0.3 is 0 Å². The highest BCUT2D eigenvalue weighted by atomic mass is 79.9. The number of nitrogens with one attached hydrogen (secondary N) is 2. The standard InChI is InChI=1S/C20H23BrN2O3/c1-4-19(24)22-15-6-8-16(9-7-15)23-20(25)12-26-18-10-5-14(21)11-17(18)13(2)3/h5-11,13H,4,12H2,1-3H3,(H,22,24)(H,23,25). The van der Waals surface area contributed by atoms with Gasteiger partial charge in [0.15, 0.2) is 6.61 Å². The summed E-state index contributed by atoms with van der Waals surface area (Å²) in [4.78, 5) is 23.5. The first-order valence-corrected chi connectivity index (χ1v) is 9.30. The first kappa shape index (κ1) is 20.0. The van der Waals surface area contributed by atoms with Crippen LogP contribution in [-0.4, -0.2) is 18.4 Å². The lowest BCUT2D eigenvalue weighted by Crippen LogP contribution is -2.20. The minimum absolute atomic E-state index is 0.0503. The molecule has 6 heteroatoms. The summed E-state index contributed by atoms with van der Waals surface area (Å²) in [5.41, 5.74) is 2.39. The molecule has 5 nitrogen and oxygen atoms in total. The van der Waals surface area contributed by atoms with Crippen molar-refractivity contribution in [1.29, 1.82) is 0 Å². The SMILES string of the molecule is CCC(=O)Nc1ccc(NC(=O)COc2ccc(Br)cc2C(C)C)cc1. The van der Waals surface area contributed by atoms with Crippen LogP contribution in [0.2, 0.25) is 0 Å². The molecule has 0 atom stereocenters. The number of rotatable bonds is 7. The summed E-state index contributed by atoms with van der Waals surface area (Å²) in [6.45, 7) is 5.87. The van der Waals surface area contributed by atoms with E-state index in [9.17, 15) is 9.59 Å². The smallest absolute Gasteiger partial charge is 0.262 e. The van der Waals surface area contributed by atoms with E-state index in [1.807, 2.05) is 18.2 Å². The van der Waals surface area contributed by atoms with Crippen LogP contribution in [-0.2, 0) is 9.59 Å². The molecule has 0 radical (unpaired) electrons. The molecule has 0 fully saturated rings. The van der Waals surface area contributed by atoms with Gasteiger partial charge in [0, 0.05) is 22.3 Å². The van der Waals surface area contributed by atoms with Crippen molar-refractivity contribution in [3.05, 3.63) is 52.5 Å². The molecule has 0 aliphatic carbocycles. The molecule has 0 heterocycles. The molecule has 0 saturated heterocycles. The molecule has 0 saturated carbocycles. The summed E-state index contributed by atoms with van der Waals surface area (Å²) in [6, 6.07) is 12.7. The topological polar surface area (TPSA) is 67.4 Å². The van der Waals surface area contributed by atoms with Crippen LogP contribution in [0.15, 0.2) is 46.9 Å². The third-order valence-corrected chi connectivity index (χ3v) is 4.22. The number of anilines is 2. The fraction of sp³-hybridized carbons (Fsp3) is 0.300. The number of halogens is 1. The lowest BCUT2D eigenvalue weighted by atomic mass is 10.0. The highest BCUT2D eigenvalue weighted by molar-refractivity contribution is 9.10. The minimum Gasteiger partial charge on any atom is -0.483 e. The Morgan fingerprint density at radius 2 is 1.58 bits per heavy atom. The molecule has 0 aromatic heterocycles. The summed E-state index contributed by atoms with van der Waals surface area (Å²) >= 11 is 3.45. The van der Waals surface area contributed by atoms with Crippen molar-refractivity contribution in [2.75, 3.05) is 17.2 Å². The Labute approximate surface area is 162 Å². The van der Waals surface area contributed by atoms with E-state index in [0.29, 0.717) is 23.5 Å². The number of amides is 2. The summed E-state index contributed by atoms with van der Waals surface area (Å²) < 4.78 is 6.67. The van der Waals surface area contributed by atoms with E-state index in [1.165, 1.54) is 0 Å². The Balaban J connectivity index is 1.92. The third kappa shape index (κ3) is 5.88. The molecule has 0 spiro atoms. The average Bonchev–Trinajstić information content (AvgIpc) is 2.62. The lowest BCUT2D eigenvalue weighted by Gasteiger charge is -2.14. The molecule has 0 unspecified atom stereocenters. The van der Waals surface area contributed by atoms with E-state index in [0.717, 1.165) is 10.0 Å². The van der Waals surface area contributed by atoms with Gasteiger partial charge in [-0.25, -0.2) is 0 Å². The normalized spacial score (nSPS) is 10.5. The molecular formula is C20H23BrN2O3. The molecule has 138 valence electrons. The zero-order valence-corrected chi connectivity index (χ0v) is 16.7. The molecule has 0 bridgehead atoms. The predicted molar refractivity (Wildman–Crippen MR) is 108 cm³/mol. The molecule has 26 heavy (non-hydrogen) atoms. The number of hydrogen-bond donors (Lipinski definition) is 2. The Hall–Kier alpha value is -2.34. The highest BCUT2D eigenvalue weighted by Gasteiger charge is 2.11. The van der Waals surface area contributed by atoms with Crippen molar-refractivity contribution in [2.24, 2.45) is 0 Å². The van der Waals surface area contributed by atoms with Crippen molar-refractivity contribution in [2.45, 2.75) is 33.1 Å². The Kier molecular flexibility index (Phi) is 7.21. The van der Waals surface area contributed by atoms with Crippen LogP contribution in [0.25, 0.3) is 0 Å². The van der Waals surface area contributed by atoms with Crippen molar-refractivity contribution in [1.82, 2.24) is 0 Å². The van der Waals surface area contributed by atoms with Crippen LogP contribution < -0.4 is 15.4 Å². The van der Waals surface area contributed by atoms with Gasteiger partial charge < -0.3 is 15.4 Å². The van der Waals surface area contributed by atoms with Crippen LogP contribution >= 0.6 is 15.9 Å². The lowest BCUT2D eigenvalue weighted by molar-refractivity contribution is -0.118. The van der Waals surface area contributed by atoms with Gasteiger partial charge in [-0.05, 0) is 53.9 Å². The molecule has 2 N–H and O–H groups in total. The van der Waals surface area contributed by atoms with Crippen LogP contribution in [0, 0.1) is 0 Å². The third-order valence-electron chi connectivity index (χ3n) is 3.73. The van der Waals surface area contributed by atoms with Crippen LogP contribution in [0.1, 0.15) is 38.7 Å². The molecular weight excluding hydrogens is 396 g/mol. The van der Waals surface area contributed by atoms with Gasteiger partial charge in [-0.15, -0.1) is 0 Å². The van der Waals surface area contributed by atoms with E-state index in [1.54, 1.807) is 31.2 Å². The molecule has 2 aromatic rings. The number of ether oxygens (including phenoxy) is 1. The number of hydrogen-bond acceptors (Lipinski definition) is 3. The minimum atomic E-state index is -0.243. The van der Waals surface area contributed by atoms with Gasteiger partial charge in [0.25, 0.3) is 5.91 Å². The molecule has 2 aromatic carbocycles. The zero-order chi connectivity index (χ0) is 19.1. The second-order valence-electron chi connectivity index (χ2n) is 6.15. The molecule has 2 amide bonds. The first-order chi connectivity index (χ1) is 12.4.